The van der Waals surface area contributed by atoms with Crippen LogP contribution in [0.3, 0.4) is 0 Å². The van der Waals surface area contributed by atoms with Gasteiger partial charge < -0.3 is 15.1 Å². The summed E-state index contributed by atoms with van der Waals surface area (Å²) >= 11 is 0. The number of urea groups is 1. The second-order valence-corrected chi connectivity index (χ2v) is 6.37. The summed E-state index contributed by atoms with van der Waals surface area (Å²) in [5, 5.41) is 2.97. The van der Waals surface area contributed by atoms with Crippen LogP contribution in [0.5, 0.6) is 0 Å². The fraction of sp³-hybridized carbons (Fsp3) is 0.529. The van der Waals surface area contributed by atoms with Crippen molar-refractivity contribution >= 4 is 17.6 Å². The Morgan fingerprint density at radius 3 is 2.70 bits per heavy atom. The number of nitrogens with zero attached hydrogens (tertiary/aromatic N) is 2. The zero-order valence-electron chi connectivity index (χ0n) is 13.3. The van der Waals surface area contributed by atoms with Crippen LogP contribution in [-0.2, 0) is 4.79 Å². The molecule has 0 aromatic heterocycles. The molecule has 2 fully saturated rings. The summed E-state index contributed by atoms with van der Waals surface area (Å²) in [5.41, 5.74) is 0.666. The number of benzene rings is 1. The van der Waals surface area contributed by atoms with Crippen molar-refractivity contribution in [1.29, 1.82) is 0 Å². The maximum absolute atomic E-state index is 13.0. The van der Waals surface area contributed by atoms with Crippen molar-refractivity contribution in [2.24, 2.45) is 0 Å². The first-order valence-corrected chi connectivity index (χ1v) is 8.17. The highest BCUT2D eigenvalue weighted by molar-refractivity contribution is 5.96. The highest BCUT2D eigenvalue weighted by Gasteiger charge is 2.33. The van der Waals surface area contributed by atoms with Crippen LogP contribution >= 0.6 is 0 Å². The topological polar surface area (TPSA) is 52.7 Å². The number of carbonyl (C=O) groups is 2. The summed E-state index contributed by atoms with van der Waals surface area (Å²) in [6, 6.07) is 5.81. The van der Waals surface area contributed by atoms with Crippen molar-refractivity contribution in [2.75, 3.05) is 18.0 Å². The number of rotatable bonds is 2. The third-order valence-electron chi connectivity index (χ3n) is 4.65. The van der Waals surface area contributed by atoms with Crippen molar-refractivity contribution in [3.63, 3.8) is 0 Å². The molecule has 3 amide bonds. The van der Waals surface area contributed by atoms with Gasteiger partial charge in [-0.25, -0.2) is 9.18 Å². The summed E-state index contributed by atoms with van der Waals surface area (Å²) in [5.74, 6) is -0.377. The fourth-order valence-electron chi connectivity index (χ4n) is 3.33. The van der Waals surface area contributed by atoms with E-state index < -0.39 is 0 Å². The van der Waals surface area contributed by atoms with Gasteiger partial charge >= 0.3 is 6.03 Å². The van der Waals surface area contributed by atoms with Crippen molar-refractivity contribution in [3.05, 3.63) is 30.1 Å². The highest BCUT2D eigenvalue weighted by atomic mass is 19.1. The van der Waals surface area contributed by atoms with E-state index in [1.165, 1.54) is 12.1 Å². The lowest BCUT2D eigenvalue weighted by atomic mass is 10.0. The van der Waals surface area contributed by atoms with E-state index in [4.69, 9.17) is 0 Å². The van der Waals surface area contributed by atoms with Crippen molar-refractivity contribution in [3.8, 4) is 0 Å². The van der Waals surface area contributed by atoms with E-state index >= 15 is 0 Å². The summed E-state index contributed by atoms with van der Waals surface area (Å²) in [6.07, 6.45) is 3.50. The number of halogens is 1. The Balaban J connectivity index is 1.61. The Kier molecular flexibility index (Phi) is 4.50. The Hall–Kier alpha value is -2.11. The van der Waals surface area contributed by atoms with E-state index in [2.05, 4.69) is 12.2 Å². The first-order chi connectivity index (χ1) is 11.0. The molecule has 0 spiro atoms. The Morgan fingerprint density at radius 1 is 1.26 bits per heavy atom. The number of carbonyl (C=O) groups excluding carboxylic acids is 2. The molecule has 1 N–H and O–H groups in total. The van der Waals surface area contributed by atoms with Gasteiger partial charge in [-0.1, -0.05) is 0 Å². The lowest BCUT2D eigenvalue weighted by Crippen LogP contribution is -2.50. The number of nitrogens with one attached hydrogen (secondary N) is 1. The summed E-state index contributed by atoms with van der Waals surface area (Å²) in [7, 11) is 0. The van der Waals surface area contributed by atoms with Gasteiger partial charge in [0.15, 0.2) is 0 Å². The molecule has 0 bridgehead atoms. The third kappa shape index (κ3) is 3.46. The minimum Gasteiger partial charge on any atom is -0.333 e. The van der Waals surface area contributed by atoms with Gasteiger partial charge in [-0.3, -0.25) is 4.79 Å². The van der Waals surface area contributed by atoms with Gasteiger partial charge in [0, 0.05) is 31.2 Å². The molecular formula is C17H22FN3O2. The molecule has 6 heteroatoms. The first kappa shape index (κ1) is 15.8. The van der Waals surface area contributed by atoms with Gasteiger partial charge in [0.25, 0.3) is 0 Å². The molecule has 2 saturated heterocycles. The normalized spacial score (nSPS) is 24.9. The fourth-order valence-corrected chi connectivity index (χ4v) is 3.33. The molecule has 2 unspecified atom stereocenters. The van der Waals surface area contributed by atoms with Crippen LogP contribution in [0.1, 0.15) is 32.6 Å². The lowest BCUT2D eigenvalue weighted by molar-refractivity contribution is -0.117. The molecule has 124 valence electrons. The average Bonchev–Trinajstić information content (AvgIpc) is 2.89. The largest absolute Gasteiger partial charge is 0.333 e. The molecule has 2 heterocycles. The van der Waals surface area contributed by atoms with Crippen LogP contribution in [0.15, 0.2) is 24.3 Å². The van der Waals surface area contributed by atoms with E-state index in [1.54, 1.807) is 17.0 Å². The summed E-state index contributed by atoms with van der Waals surface area (Å²) in [4.78, 5) is 28.0. The zero-order chi connectivity index (χ0) is 16.4. The van der Waals surface area contributed by atoms with E-state index in [0.29, 0.717) is 12.2 Å². The van der Waals surface area contributed by atoms with E-state index in [9.17, 15) is 14.0 Å². The molecule has 2 atom stereocenters. The maximum atomic E-state index is 13.0. The van der Waals surface area contributed by atoms with Crippen molar-refractivity contribution < 1.29 is 14.0 Å². The second kappa shape index (κ2) is 6.56. The Morgan fingerprint density at radius 2 is 2.00 bits per heavy atom. The first-order valence-electron chi connectivity index (χ1n) is 8.17. The van der Waals surface area contributed by atoms with Crippen molar-refractivity contribution in [2.45, 2.75) is 44.7 Å². The third-order valence-corrected chi connectivity index (χ3v) is 4.65. The van der Waals surface area contributed by atoms with Crippen LogP contribution in [0.2, 0.25) is 0 Å². The van der Waals surface area contributed by atoms with E-state index in [0.717, 1.165) is 25.8 Å². The van der Waals surface area contributed by atoms with Gasteiger partial charge in [0.05, 0.1) is 6.04 Å². The predicted octanol–water partition coefficient (Wildman–Crippen LogP) is 2.52. The quantitative estimate of drug-likeness (QED) is 0.910. The maximum Gasteiger partial charge on any atom is 0.317 e. The number of amides is 3. The molecule has 3 rings (SSSR count). The number of piperidine rings is 1. The minimum atomic E-state index is -0.329. The molecule has 2 aliphatic heterocycles. The van der Waals surface area contributed by atoms with Crippen LogP contribution in [0.25, 0.3) is 0 Å². The standard InChI is InChI=1S/C17H22FN3O2/c1-12-4-2-3-9-20(12)17(23)19-14-10-16(22)21(11-14)15-7-5-13(18)6-8-15/h5-8,12,14H,2-4,9-11H2,1H3,(H,19,23). The molecule has 1 aromatic carbocycles. The number of hydrogen-bond acceptors (Lipinski definition) is 2. The summed E-state index contributed by atoms with van der Waals surface area (Å²) in [6.45, 7) is 3.26. The Labute approximate surface area is 135 Å². The number of anilines is 1. The second-order valence-electron chi connectivity index (χ2n) is 6.37. The average molecular weight is 319 g/mol. The van der Waals surface area contributed by atoms with E-state index in [1.807, 2.05) is 4.90 Å². The van der Waals surface area contributed by atoms with Gasteiger partial charge in [0.1, 0.15) is 5.82 Å². The molecular weight excluding hydrogens is 297 g/mol. The highest BCUT2D eigenvalue weighted by Crippen LogP contribution is 2.22. The van der Waals surface area contributed by atoms with Gasteiger partial charge in [-0.05, 0) is 50.5 Å². The van der Waals surface area contributed by atoms with Gasteiger partial charge in [-0.15, -0.1) is 0 Å². The van der Waals surface area contributed by atoms with Crippen LogP contribution in [-0.4, -0.2) is 42.0 Å². The monoisotopic (exact) mass is 319 g/mol. The zero-order valence-corrected chi connectivity index (χ0v) is 13.3. The molecule has 0 aliphatic carbocycles. The molecule has 1 aromatic rings. The molecule has 5 nitrogen and oxygen atoms in total. The molecule has 2 aliphatic rings. The molecule has 0 radical (unpaired) electrons. The molecule has 0 saturated carbocycles. The summed E-state index contributed by atoms with van der Waals surface area (Å²) < 4.78 is 13.0. The van der Waals surface area contributed by atoms with Gasteiger partial charge in [-0.2, -0.15) is 0 Å². The van der Waals surface area contributed by atoms with Crippen LogP contribution < -0.4 is 10.2 Å². The molecule has 23 heavy (non-hydrogen) atoms. The number of likely N-dealkylation sites (tertiary alicyclic amines) is 1. The minimum absolute atomic E-state index is 0.0476. The number of hydrogen-bond donors (Lipinski definition) is 1. The van der Waals surface area contributed by atoms with E-state index in [-0.39, 0.29) is 36.3 Å². The predicted molar refractivity (Wildman–Crippen MR) is 85.7 cm³/mol. The lowest BCUT2D eigenvalue weighted by Gasteiger charge is -2.34. The SMILES string of the molecule is CC1CCCCN1C(=O)NC1CC(=O)N(c2ccc(F)cc2)C1. The van der Waals surface area contributed by atoms with Gasteiger partial charge in [0.2, 0.25) is 5.91 Å². The smallest absolute Gasteiger partial charge is 0.317 e. The Bertz CT molecular complexity index is 590. The van der Waals surface area contributed by atoms with Crippen LogP contribution in [0, 0.1) is 5.82 Å². The van der Waals surface area contributed by atoms with Crippen molar-refractivity contribution in [1.82, 2.24) is 10.2 Å². The van der Waals surface area contributed by atoms with Crippen LogP contribution in [0.4, 0.5) is 14.9 Å².